The van der Waals surface area contributed by atoms with Gasteiger partial charge in [-0.15, -0.1) is 10.2 Å². The fraction of sp³-hybridized carbons (Fsp3) is 0.115. The molecule has 0 saturated heterocycles. The van der Waals surface area contributed by atoms with Crippen molar-refractivity contribution in [2.45, 2.75) is 13.3 Å². The smallest absolute Gasteiger partial charge is 0.341 e. The number of nitrogens with one attached hydrogen (secondary N) is 1. The fourth-order valence-electron chi connectivity index (χ4n) is 4.09. The minimum absolute atomic E-state index is 0.389. The van der Waals surface area contributed by atoms with Gasteiger partial charge in [0.2, 0.25) is 5.82 Å². The van der Waals surface area contributed by atoms with Gasteiger partial charge in [-0.3, -0.25) is 0 Å². The number of esters is 1. The number of aromatic nitrogens is 6. The van der Waals surface area contributed by atoms with Crippen LogP contribution in [0.2, 0.25) is 0 Å². The van der Waals surface area contributed by atoms with E-state index in [1.807, 2.05) is 66.2 Å². The van der Waals surface area contributed by atoms with Crippen molar-refractivity contribution >= 4 is 5.97 Å². The highest BCUT2D eigenvalue weighted by Gasteiger charge is 2.23. The standard InChI is InChI=1S/C26H22N6O2/c1-17-24(26(33)34-2)23(32(29-17)20-8-4-3-5-9-20)16-18-12-14-19(15-13-18)21-10-6-7-11-22(21)25-27-30-31-28-25/h3-15H,16H2,1-2H3,(H,27,28,30,31). The number of carbonyl (C=O) groups excluding carboxylic acids is 1. The summed E-state index contributed by atoms with van der Waals surface area (Å²) in [4.78, 5) is 12.6. The van der Waals surface area contributed by atoms with E-state index in [0.29, 0.717) is 23.5 Å². The van der Waals surface area contributed by atoms with Crippen molar-refractivity contribution < 1.29 is 9.53 Å². The van der Waals surface area contributed by atoms with Crippen LogP contribution in [-0.4, -0.2) is 43.5 Å². The summed E-state index contributed by atoms with van der Waals surface area (Å²) in [6.45, 7) is 1.83. The molecule has 5 rings (SSSR count). The van der Waals surface area contributed by atoms with Gasteiger partial charge >= 0.3 is 5.97 Å². The summed E-state index contributed by atoms with van der Waals surface area (Å²) in [5, 5.41) is 19.1. The molecule has 0 aliphatic rings. The van der Waals surface area contributed by atoms with Gasteiger partial charge in [-0.1, -0.05) is 66.7 Å². The number of H-pyrrole nitrogens is 1. The quantitative estimate of drug-likeness (QED) is 0.385. The van der Waals surface area contributed by atoms with Crippen LogP contribution in [0.1, 0.15) is 27.3 Å². The Balaban J connectivity index is 1.52. The maximum absolute atomic E-state index is 12.6. The molecule has 0 bridgehead atoms. The molecule has 0 aliphatic carbocycles. The monoisotopic (exact) mass is 450 g/mol. The fourth-order valence-corrected chi connectivity index (χ4v) is 4.09. The Hall–Kier alpha value is -4.59. The number of methoxy groups -OCH3 is 1. The van der Waals surface area contributed by atoms with Gasteiger partial charge < -0.3 is 4.74 Å². The van der Waals surface area contributed by atoms with Crippen molar-refractivity contribution in [2.75, 3.05) is 7.11 Å². The molecule has 0 spiro atoms. The molecule has 0 amide bonds. The van der Waals surface area contributed by atoms with Crippen LogP contribution < -0.4 is 0 Å². The lowest BCUT2D eigenvalue weighted by atomic mass is 9.97. The average molecular weight is 451 g/mol. The number of nitrogens with zero attached hydrogens (tertiary/aromatic N) is 5. The van der Waals surface area contributed by atoms with Crippen LogP contribution in [0.15, 0.2) is 78.9 Å². The van der Waals surface area contributed by atoms with E-state index in [0.717, 1.165) is 33.6 Å². The number of rotatable bonds is 6. The maximum Gasteiger partial charge on any atom is 0.341 e. The zero-order valence-corrected chi connectivity index (χ0v) is 18.8. The van der Waals surface area contributed by atoms with Crippen molar-refractivity contribution in [3.63, 3.8) is 0 Å². The first-order chi connectivity index (χ1) is 16.7. The molecule has 5 aromatic rings. The SMILES string of the molecule is COC(=O)c1c(C)nn(-c2ccccc2)c1Cc1ccc(-c2ccccc2-c2nn[nH]n2)cc1. The summed E-state index contributed by atoms with van der Waals surface area (Å²) in [7, 11) is 1.39. The van der Waals surface area contributed by atoms with Gasteiger partial charge in [-0.05, 0) is 41.0 Å². The summed E-state index contributed by atoms with van der Waals surface area (Å²) < 4.78 is 6.88. The maximum atomic E-state index is 12.6. The molecule has 3 aromatic carbocycles. The zero-order valence-electron chi connectivity index (χ0n) is 18.8. The van der Waals surface area contributed by atoms with Gasteiger partial charge in [-0.2, -0.15) is 10.3 Å². The Morgan fingerprint density at radius 1 is 0.941 bits per heavy atom. The first-order valence-electron chi connectivity index (χ1n) is 10.8. The first-order valence-corrected chi connectivity index (χ1v) is 10.8. The predicted octanol–water partition coefficient (Wildman–Crippen LogP) is 4.41. The minimum Gasteiger partial charge on any atom is -0.465 e. The third-order valence-corrected chi connectivity index (χ3v) is 5.70. The highest BCUT2D eigenvalue weighted by molar-refractivity contribution is 5.92. The molecule has 0 aliphatic heterocycles. The number of aromatic amines is 1. The molecule has 34 heavy (non-hydrogen) atoms. The number of hydrogen-bond donors (Lipinski definition) is 1. The number of benzene rings is 3. The predicted molar refractivity (Wildman–Crippen MR) is 127 cm³/mol. The van der Waals surface area contributed by atoms with Gasteiger partial charge in [0.25, 0.3) is 0 Å². The van der Waals surface area contributed by atoms with Crippen LogP contribution in [-0.2, 0) is 11.2 Å². The molecule has 8 nitrogen and oxygen atoms in total. The second-order valence-electron chi connectivity index (χ2n) is 7.80. The summed E-state index contributed by atoms with van der Waals surface area (Å²) in [6.07, 6.45) is 0.521. The van der Waals surface area contributed by atoms with Crippen LogP contribution in [0.5, 0.6) is 0 Å². The first kappa shape index (κ1) is 21.3. The molecule has 0 saturated carbocycles. The van der Waals surface area contributed by atoms with Crippen molar-refractivity contribution in [2.24, 2.45) is 0 Å². The van der Waals surface area contributed by atoms with Gasteiger partial charge in [0.05, 0.1) is 24.2 Å². The average Bonchev–Trinajstić information content (AvgIpc) is 3.53. The third kappa shape index (κ3) is 3.97. The van der Waals surface area contributed by atoms with Gasteiger partial charge in [-0.25, -0.2) is 9.48 Å². The summed E-state index contributed by atoms with van der Waals surface area (Å²) >= 11 is 0. The van der Waals surface area contributed by atoms with E-state index in [-0.39, 0.29) is 5.97 Å². The molecular weight excluding hydrogens is 428 g/mol. The molecule has 0 atom stereocenters. The lowest BCUT2D eigenvalue weighted by Gasteiger charge is -2.11. The zero-order chi connectivity index (χ0) is 23.5. The number of carbonyl (C=O) groups is 1. The Morgan fingerprint density at radius 3 is 2.32 bits per heavy atom. The van der Waals surface area contributed by atoms with E-state index in [1.54, 1.807) is 0 Å². The van der Waals surface area contributed by atoms with E-state index in [1.165, 1.54) is 7.11 Å². The number of hydrogen-bond acceptors (Lipinski definition) is 6. The lowest BCUT2D eigenvalue weighted by Crippen LogP contribution is -2.09. The Labute approximate surface area is 196 Å². The second kappa shape index (κ2) is 9.11. The molecule has 0 radical (unpaired) electrons. The van der Waals surface area contributed by atoms with Crippen molar-refractivity contribution in [1.82, 2.24) is 30.4 Å². The van der Waals surface area contributed by atoms with Crippen molar-refractivity contribution in [3.05, 3.63) is 101 Å². The highest BCUT2D eigenvalue weighted by atomic mass is 16.5. The number of tetrazole rings is 1. The largest absolute Gasteiger partial charge is 0.465 e. The molecule has 2 heterocycles. The van der Waals surface area contributed by atoms with E-state index in [9.17, 15) is 4.79 Å². The van der Waals surface area contributed by atoms with Gasteiger partial charge in [0.1, 0.15) is 5.56 Å². The van der Waals surface area contributed by atoms with E-state index >= 15 is 0 Å². The molecule has 0 fully saturated rings. The second-order valence-corrected chi connectivity index (χ2v) is 7.80. The van der Waals surface area contributed by atoms with E-state index < -0.39 is 0 Å². The van der Waals surface area contributed by atoms with E-state index in [4.69, 9.17) is 4.74 Å². The highest BCUT2D eigenvalue weighted by Crippen LogP contribution is 2.30. The molecule has 168 valence electrons. The van der Waals surface area contributed by atoms with Crippen molar-refractivity contribution in [1.29, 1.82) is 0 Å². The van der Waals surface area contributed by atoms with Crippen molar-refractivity contribution in [3.8, 4) is 28.2 Å². The third-order valence-electron chi connectivity index (χ3n) is 5.70. The Morgan fingerprint density at radius 2 is 1.65 bits per heavy atom. The van der Waals surface area contributed by atoms with Gasteiger partial charge in [0.15, 0.2) is 0 Å². The Kier molecular flexibility index (Phi) is 5.70. The van der Waals surface area contributed by atoms with Crippen LogP contribution >= 0.6 is 0 Å². The van der Waals surface area contributed by atoms with Crippen LogP contribution in [0.4, 0.5) is 0 Å². The number of para-hydroxylation sites is 1. The van der Waals surface area contributed by atoms with Crippen LogP contribution in [0, 0.1) is 6.92 Å². The topological polar surface area (TPSA) is 98.6 Å². The summed E-state index contributed by atoms with van der Waals surface area (Å²) in [5.41, 5.74) is 6.80. The molecular formula is C26H22N6O2. The summed E-state index contributed by atoms with van der Waals surface area (Å²) in [5.74, 6) is 0.157. The molecule has 2 aromatic heterocycles. The molecule has 8 heteroatoms. The lowest BCUT2D eigenvalue weighted by molar-refractivity contribution is 0.0599. The van der Waals surface area contributed by atoms with Crippen LogP contribution in [0.25, 0.3) is 28.2 Å². The normalized spacial score (nSPS) is 10.9. The van der Waals surface area contributed by atoms with E-state index in [2.05, 4.69) is 50.0 Å². The minimum atomic E-state index is -0.389. The summed E-state index contributed by atoms with van der Waals surface area (Å²) in [6, 6.07) is 25.9. The number of aryl methyl sites for hydroxylation is 1. The number of ether oxygens (including phenoxy) is 1. The molecule has 1 N–H and O–H groups in total. The molecule has 0 unspecified atom stereocenters. The van der Waals surface area contributed by atoms with Crippen LogP contribution in [0.3, 0.4) is 0 Å². The Bertz CT molecular complexity index is 1420. The van der Waals surface area contributed by atoms with Gasteiger partial charge in [0, 0.05) is 12.0 Å².